The van der Waals surface area contributed by atoms with Gasteiger partial charge in [-0.05, 0) is 38.1 Å². The van der Waals surface area contributed by atoms with Crippen molar-refractivity contribution >= 4 is 22.5 Å². The molecule has 0 unspecified atom stereocenters. The van der Waals surface area contributed by atoms with Crippen LogP contribution < -0.4 is 5.32 Å². The van der Waals surface area contributed by atoms with Crippen LogP contribution in [0, 0.1) is 13.8 Å². The van der Waals surface area contributed by atoms with E-state index in [1.54, 1.807) is 23.1 Å². The first-order valence-corrected chi connectivity index (χ1v) is 7.85. The molecule has 7 heteroatoms. The first-order chi connectivity index (χ1) is 12.1. The predicted octanol–water partition coefficient (Wildman–Crippen LogP) is 3.01. The predicted molar refractivity (Wildman–Crippen MR) is 94.9 cm³/mol. The first kappa shape index (κ1) is 15.1. The van der Waals surface area contributed by atoms with Gasteiger partial charge in [-0.15, -0.1) is 0 Å². The van der Waals surface area contributed by atoms with E-state index < -0.39 is 0 Å². The summed E-state index contributed by atoms with van der Waals surface area (Å²) in [5, 5.41) is 15.0. The molecule has 0 aliphatic rings. The van der Waals surface area contributed by atoms with E-state index in [4.69, 9.17) is 0 Å². The van der Waals surface area contributed by atoms with Gasteiger partial charge in [0.25, 0.3) is 5.91 Å². The number of hydrogen-bond donors (Lipinski definition) is 2. The second kappa shape index (κ2) is 5.86. The Bertz CT molecular complexity index is 1060. The quantitative estimate of drug-likeness (QED) is 0.603. The lowest BCUT2D eigenvalue weighted by molar-refractivity contribution is 0.102. The van der Waals surface area contributed by atoms with E-state index >= 15 is 0 Å². The Kier molecular flexibility index (Phi) is 3.53. The number of aromatic amines is 1. The van der Waals surface area contributed by atoms with Crippen LogP contribution in [0.3, 0.4) is 0 Å². The number of rotatable bonds is 3. The molecule has 0 aliphatic heterocycles. The van der Waals surface area contributed by atoms with Gasteiger partial charge in [0.1, 0.15) is 0 Å². The summed E-state index contributed by atoms with van der Waals surface area (Å²) in [6.07, 6.45) is 3.31. The number of benzene rings is 1. The number of hydrogen-bond acceptors (Lipinski definition) is 4. The second-order valence-corrected chi connectivity index (χ2v) is 5.84. The molecule has 0 fully saturated rings. The number of nitrogens with one attached hydrogen (secondary N) is 2. The van der Waals surface area contributed by atoms with Gasteiger partial charge in [-0.3, -0.25) is 9.89 Å². The SMILES string of the molecule is Cc1cc(C)n(-c2ccc(NC(=O)c3cccc4cn[nH]c34)cn2)n1. The van der Waals surface area contributed by atoms with E-state index in [0.29, 0.717) is 22.6 Å². The summed E-state index contributed by atoms with van der Waals surface area (Å²) in [4.78, 5) is 16.9. The highest BCUT2D eigenvalue weighted by Gasteiger charge is 2.12. The number of para-hydroxylation sites is 1. The van der Waals surface area contributed by atoms with Crippen molar-refractivity contribution in [1.82, 2.24) is 25.0 Å². The minimum atomic E-state index is -0.212. The van der Waals surface area contributed by atoms with E-state index in [2.05, 4.69) is 25.6 Å². The van der Waals surface area contributed by atoms with Gasteiger partial charge >= 0.3 is 0 Å². The highest BCUT2D eigenvalue weighted by Crippen LogP contribution is 2.18. The Morgan fingerprint density at radius 1 is 1.16 bits per heavy atom. The first-order valence-electron chi connectivity index (χ1n) is 7.85. The van der Waals surface area contributed by atoms with Crippen molar-refractivity contribution in [2.45, 2.75) is 13.8 Å². The van der Waals surface area contributed by atoms with Crippen LogP contribution in [-0.4, -0.2) is 30.9 Å². The zero-order valence-corrected chi connectivity index (χ0v) is 13.8. The molecule has 0 aliphatic carbocycles. The van der Waals surface area contributed by atoms with Crippen LogP contribution >= 0.6 is 0 Å². The van der Waals surface area contributed by atoms with Crippen molar-refractivity contribution < 1.29 is 4.79 Å². The molecule has 1 aromatic carbocycles. The number of fused-ring (bicyclic) bond motifs is 1. The molecular weight excluding hydrogens is 316 g/mol. The van der Waals surface area contributed by atoms with E-state index in [0.717, 1.165) is 16.8 Å². The van der Waals surface area contributed by atoms with Crippen LogP contribution in [0.2, 0.25) is 0 Å². The molecule has 0 atom stereocenters. The van der Waals surface area contributed by atoms with Gasteiger partial charge in [-0.1, -0.05) is 12.1 Å². The van der Waals surface area contributed by atoms with Crippen LogP contribution in [0.4, 0.5) is 5.69 Å². The van der Waals surface area contributed by atoms with Crippen LogP contribution in [0.25, 0.3) is 16.7 Å². The molecule has 4 rings (SSSR count). The number of aromatic nitrogens is 5. The van der Waals surface area contributed by atoms with Crippen LogP contribution in [-0.2, 0) is 0 Å². The Labute approximate surface area is 143 Å². The molecule has 25 heavy (non-hydrogen) atoms. The lowest BCUT2D eigenvalue weighted by atomic mass is 10.1. The van der Waals surface area contributed by atoms with Crippen molar-refractivity contribution in [2.24, 2.45) is 0 Å². The molecule has 1 amide bonds. The number of pyridine rings is 1. The van der Waals surface area contributed by atoms with Gasteiger partial charge in [0.2, 0.25) is 0 Å². The monoisotopic (exact) mass is 332 g/mol. The highest BCUT2D eigenvalue weighted by atomic mass is 16.1. The fraction of sp³-hybridized carbons (Fsp3) is 0.111. The maximum Gasteiger partial charge on any atom is 0.257 e. The van der Waals surface area contributed by atoms with Crippen LogP contribution in [0.15, 0.2) is 48.8 Å². The molecule has 0 bridgehead atoms. The summed E-state index contributed by atoms with van der Waals surface area (Å²) in [6, 6.07) is 11.1. The summed E-state index contributed by atoms with van der Waals surface area (Å²) in [5.41, 5.74) is 3.81. The summed E-state index contributed by atoms with van der Waals surface area (Å²) in [5.74, 6) is 0.495. The maximum atomic E-state index is 12.5. The average molecular weight is 332 g/mol. The Morgan fingerprint density at radius 3 is 2.76 bits per heavy atom. The molecule has 2 N–H and O–H groups in total. The Morgan fingerprint density at radius 2 is 2.04 bits per heavy atom. The number of amides is 1. The number of aryl methyl sites for hydroxylation is 2. The van der Waals surface area contributed by atoms with Gasteiger partial charge in [0.05, 0.1) is 34.9 Å². The zero-order chi connectivity index (χ0) is 17.4. The zero-order valence-electron chi connectivity index (χ0n) is 13.8. The molecule has 0 saturated heterocycles. The fourth-order valence-electron chi connectivity index (χ4n) is 2.80. The molecule has 7 nitrogen and oxygen atoms in total. The van der Waals surface area contributed by atoms with Gasteiger partial charge in [-0.25, -0.2) is 9.67 Å². The third-order valence-corrected chi connectivity index (χ3v) is 3.95. The third kappa shape index (κ3) is 2.76. The molecule has 0 saturated carbocycles. The maximum absolute atomic E-state index is 12.5. The average Bonchev–Trinajstić information content (AvgIpc) is 3.21. The summed E-state index contributed by atoms with van der Waals surface area (Å²) < 4.78 is 1.77. The standard InChI is InChI=1S/C18H16N6O/c1-11-8-12(2)24(23-11)16-7-6-14(10-19-16)21-18(25)15-5-3-4-13-9-20-22-17(13)15/h3-10H,1-2H3,(H,20,22)(H,21,25). The summed E-state index contributed by atoms with van der Waals surface area (Å²) >= 11 is 0. The normalized spacial score (nSPS) is 11.0. The molecule has 0 spiro atoms. The number of carbonyl (C=O) groups excluding carboxylic acids is 1. The fourth-order valence-corrected chi connectivity index (χ4v) is 2.80. The number of anilines is 1. The van der Waals surface area contributed by atoms with Crippen LogP contribution in [0.5, 0.6) is 0 Å². The van der Waals surface area contributed by atoms with Gasteiger partial charge in [0.15, 0.2) is 5.82 Å². The lowest BCUT2D eigenvalue weighted by Gasteiger charge is -2.07. The van der Waals surface area contributed by atoms with Gasteiger partial charge < -0.3 is 5.32 Å². The minimum Gasteiger partial charge on any atom is -0.321 e. The third-order valence-electron chi connectivity index (χ3n) is 3.95. The smallest absolute Gasteiger partial charge is 0.257 e. The van der Waals surface area contributed by atoms with Crippen molar-refractivity contribution in [2.75, 3.05) is 5.32 Å². The van der Waals surface area contributed by atoms with Gasteiger partial charge in [0, 0.05) is 11.1 Å². The largest absolute Gasteiger partial charge is 0.321 e. The van der Waals surface area contributed by atoms with E-state index in [-0.39, 0.29) is 5.91 Å². The molecule has 124 valence electrons. The van der Waals surface area contributed by atoms with Crippen molar-refractivity contribution in [3.05, 3.63) is 65.7 Å². The van der Waals surface area contributed by atoms with Crippen molar-refractivity contribution in [1.29, 1.82) is 0 Å². The van der Waals surface area contributed by atoms with Crippen LogP contribution in [0.1, 0.15) is 21.7 Å². The molecule has 4 aromatic rings. The summed E-state index contributed by atoms with van der Waals surface area (Å²) in [6.45, 7) is 3.91. The van der Waals surface area contributed by atoms with Crippen molar-refractivity contribution in [3.63, 3.8) is 0 Å². The number of nitrogens with zero attached hydrogens (tertiary/aromatic N) is 4. The van der Waals surface area contributed by atoms with Crippen molar-refractivity contribution in [3.8, 4) is 5.82 Å². The molecule has 3 aromatic heterocycles. The molecule has 0 radical (unpaired) electrons. The van der Waals surface area contributed by atoms with Gasteiger partial charge in [-0.2, -0.15) is 10.2 Å². The number of carbonyl (C=O) groups is 1. The van der Waals surface area contributed by atoms with E-state index in [1.807, 2.05) is 44.2 Å². The topological polar surface area (TPSA) is 88.5 Å². The molecule has 3 heterocycles. The van der Waals surface area contributed by atoms with E-state index in [9.17, 15) is 4.79 Å². The number of H-pyrrole nitrogens is 1. The molecular formula is C18H16N6O. The highest BCUT2D eigenvalue weighted by molar-refractivity contribution is 6.11. The summed E-state index contributed by atoms with van der Waals surface area (Å²) in [7, 11) is 0. The lowest BCUT2D eigenvalue weighted by Crippen LogP contribution is -2.13. The Hall–Kier alpha value is -3.48. The Balaban J connectivity index is 1.58. The van der Waals surface area contributed by atoms with E-state index in [1.165, 1.54) is 0 Å². The second-order valence-electron chi connectivity index (χ2n) is 5.84. The minimum absolute atomic E-state index is 0.212.